The molecule has 1 atom stereocenters. The van der Waals surface area contributed by atoms with E-state index in [2.05, 4.69) is 15.6 Å². The van der Waals surface area contributed by atoms with Crippen molar-refractivity contribution < 1.29 is 19.4 Å². The molecular formula is C17H15FIN3O3S. The molecule has 1 amide bonds. The molecule has 136 valence electrons. The van der Waals surface area contributed by atoms with E-state index < -0.39 is 24.4 Å². The van der Waals surface area contributed by atoms with Gasteiger partial charge in [-0.1, -0.05) is 11.3 Å². The van der Waals surface area contributed by atoms with Crippen LogP contribution in [-0.4, -0.2) is 40.4 Å². The molecule has 0 aliphatic rings. The third-order valence-electron chi connectivity index (χ3n) is 3.58. The summed E-state index contributed by atoms with van der Waals surface area (Å²) >= 11 is 3.26. The number of nitrogens with one attached hydrogen (secondary N) is 2. The molecule has 0 bridgehead atoms. The zero-order chi connectivity index (χ0) is 18.7. The van der Waals surface area contributed by atoms with Crippen molar-refractivity contribution in [2.45, 2.75) is 6.10 Å². The van der Waals surface area contributed by atoms with Gasteiger partial charge in [0.25, 0.3) is 5.91 Å². The number of pyridine rings is 1. The number of aromatic nitrogens is 1. The second-order valence-corrected chi connectivity index (χ2v) is 7.70. The Hall–Kier alpha value is -1.82. The van der Waals surface area contributed by atoms with Gasteiger partial charge in [0.05, 0.1) is 24.0 Å². The van der Waals surface area contributed by atoms with Crippen LogP contribution >= 0.6 is 33.9 Å². The zero-order valence-corrected chi connectivity index (χ0v) is 16.3. The number of fused-ring (bicyclic) bond motifs is 1. The van der Waals surface area contributed by atoms with Gasteiger partial charge in [-0.2, -0.15) is 0 Å². The molecule has 6 nitrogen and oxygen atoms in total. The molecule has 2 heterocycles. The number of nitrogens with zero attached hydrogens (tertiary/aromatic N) is 1. The highest BCUT2D eigenvalue weighted by Crippen LogP contribution is 2.36. The van der Waals surface area contributed by atoms with Gasteiger partial charge in [0.1, 0.15) is 15.6 Å². The number of carbonyl (C=O) groups is 1. The third-order valence-corrected chi connectivity index (χ3v) is 5.28. The normalized spacial score (nSPS) is 12.2. The first kappa shape index (κ1) is 19.0. The van der Waals surface area contributed by atoms with Crippen LogP contribution in [0.5, 0.6) is 0 Å². The standard InChI is InChI=1S/C17H15FIN3O3S/c18-12-6-9(19)3-4-13(12)22-17-14(15(25)21-7-10(24)8-23)11-2-1-5-20-16(11)26-17/h1-6,10,22-24H,7-8H2,(H,21,25)/t10-/m1/s1. The Morgan fingerprint density at radius 2 is 2.19 bits per heavy atom. The summed E-state index contributed by atoms with van der Waals surface area (Å²) in [7, 11) is 0. The van der Waals surface area contributed by atoms with Crippen LogP contribution in [0.3, 0.4) is 0 Å². The third kappa shape index (κ3) is 4.11. The summed E-state index contributed by atoms with van der Waals surface area (Å²) < 4.78 is 14.9. The number of amides is 1. The van der Waals surface area contributed by atoms with Crippen LogP contribution in [0.2, 0.25) is 0 Å². The largest absolute Gasteiger partial charge is 0.394 e. The summed E-state index contributed by atoms with van der Waals surface area (Å²) in [6, 6.07) is 8.22. The minimum Gasteiger partial charge on any atom is -0.394 e. The molecule has 26 heavy (non-hydrogen) atoms. The van der Waals surface area contributed by atoms with E-state index in [0.717, 1.165) is 3.57 Å². The molecular weight excluding hydrogens is 472 g/mol. The summed E-state index contributed by atoms with van der Waals surface area (Å²) in [6.45, 7) is -0.546. The summed E-state index contributed by atoms with van der Waals surface area (Å²) in [5.74, 6) is -0.866. The van der Waals surface area contributed by atoms with Gasteiger partial charge < -0.3 is 20.8 Å². The summed E-state index contributed by atoms with van der Waals surface area (Å²) in [5, 5.41) is 25.0. The Bertz CT molecular complexity index is 950. The number of benzene rings is 1. The number of thiophene rings is 1. The lowest BCUT2D eigenvalue weighted by Crippen LogP contribution is -2.34. The van der Waals surface area contributed by atoms with E-state index in [-0.39, 0.29) is 12.2 Å². The van der Waals surface area contributed by atoms with E-state index in [9.17, 15) is 14.3 Å². The van der Waals surface area contributed by atoms with E-state index in [4.69, 9.17) is 5.11 Å². The first-order valence-electron chi connectivity index (χ1n) is 7.66. The molecule has 3 aromatic rings. The molecule has 0 spiro atoms. The van der Waals surface area contributed by atoms with Crippen molar-refractivity contribution in [2.24, 2.45) is 0 Å². The van der Waals surface area contributed by atoms with Crippen molar-refractivity contribution in [1.29, 1.82) is 0 Å². The average Bonchev–Trinajstić information content (AvgIpc) is 2.99. The first-order chi connectivity index (χ1) is 12.5. The number of hydrogen-bond acceptors (Lipinski definition) is 6. The summed E-state index contributed by atoms with van der Waals surface area (Å²) in [4.78, 5) is 17.5. The van der Waals surface area contributed by atoms with Gasteiger partial charge >= 0.3 is 0 Å². The predicted molar refractivity (Wildman–Crippen MR) is 107 cm³/mol. The fourth-order valence-electron chi connectivity index (χ4n) is 2.32. The number of anilines is 2. The second-order valence-electron chi connectivity index (χ2n) is 5.46. The van der Waals surface area contributed by atoms with Crippen molar-refractivity contribution in [3.8, 4) is 0 Å². The lowest BCUT2D eigenvalue weighted by molar-refractivity contribution is 0.0803. The van der Waals surface area contributed by atoms with E-state index in [0.29, 0.717) is 20.8 Å². The molecule has 2 aromatic heterocycles. The number of hydrogen-bond donors (Lipinski definition) is 4. The Kier molecular flexibility index (Phi) is 6.01. The second kappa shape index (κ2) is 8.25. The van der Waals surface area contributed by atoms with Crippen molar-refractivity contribution >= 4 is 60.7 Å². The van der Waals surface area contributed by atoms with Crippen LogP contribution in [0.15, 0.2) is 36.5 Å². The molecule has 0 aliphatic heterocycles. The molecule has 0 radical (unpaired) electrons. The van der Waals surface area contributed by atoms with Crippen LogP contribution in [0.4, 0.5) is 15.1 Å². The topological polar surface area (TPSA) is 94.5 Å². The molecule has 4 N–H and O–H groups in total. The van der Waals surface area contributed by atoms with Crippen LogP contribution in [0.25, 0.3) is 10.2 Å². The molecule has 0 unspecified atom stereocenters. The van der Waals surface area contributed by atoms with Crippen LogP contribution in [-0.2, 0) is 0 Å². The average molecular weight is 487 g/mol. The number of aliphatic hydroxyl groups is 2. The van der Waals surface area contributed by atoms with Gasteiger partial charge in [0, 0.05) is 21.7 Å². The SMILES string of the molecule is O=C(NC[C@@H](O)CO)c1c(Nc2ccc(I)cc2F)sc2ncccc12. The van der Waals surface area contributed by atoms with Crippen molar-refractivity contribution in [3.63, 3.8) is 0 Å². The monoisotopic (exact) mass is 487 g/mol. The molecule has 0 aliphatic carbocycles. The fraction of sp³-hybridized carbons (Fsp3) is 0.176. The highest BCUT2D eigenvalue weighted by Gasteiger charge is 2.21. The Labute approximate surface area is 166 Å². The maximum absolute atomic E-state index is 14.2. The van der Waals surface area contributed by atoms with Gasteiger partial charge in [0.2, 0.25) is 0 Å². The number of carbonyl (C=O) groups excluding carboxylic acids is 1. The molecule has 0 fully saturated rings. The van der Waals surface area contributed by atoms with Crippen LogP contribution in [0.1, 0.15) is 10.4 Å². The van der Waals surface area contributed by atoms with Crippen LogP contribution in [0, 0.1) is 9.39 Å². The van der Waals surface area contributed by atoms with Gasteiger partial charge in [-0.05, 0) is 52.9 Å². The number of aliphatic hydroxyl groups excluding tert-OH is 2. The van der Waals surface area contributed by atoms with Gasteiger partial charge in [-0.25, -0.2) is 9.37 Å². The fourth-order valence-corrected chi connectivity index (χ4v) is 3.83. The van der Waals surface area contributed by atoms with E-state index in [1.807, 2.05) is 22.6 Å². The first-order valence-corrected chi connectivity index (χ1v) is 9.56. The highest BCUT2D eigenvalue weighted by molar-refractivity contribution is 14.1. The predicted octanol–water partition coefficient (Wildman–Crippen LogP) is 2.87. The van der Waals surface area contributed by atoms with Crippen LogP contribution < -0.4 is 10.6 Å². The quantitative estimate of drug-likeness (QED) is 0.402. The van der Waals surface area contributed by atoms with Gasteiger partial charge in [-0.15, -0.1) is 0 Å². The number of halogens is 2. The number of rotatable bonds is 6. The van der Waals surface area contributed by atoms with E-state index >= 15 is 0 Å². The molecule has 9 heteroatoms. The lowest BCUT2D eigenvalue weighted by atomic mass is 10.2. The molecule has 0 saturated carbocycles. The summed E-state index contributed by atoms with van der Waals surface area (Å²) in [5.41, 5.74) is 0.572. The van der Waals surface area contributed by atoms with E-state index in [1.165, 1.54) is 17.4 Å². The van der Waals surface area contributed by atoms with Gasteiger partial charge in [0.15, 0.2) is 0 Å². The Balaban J connectivity index is 1.97. The Morgan fingerprint density at radius 3 is 2.92 bits per heavy atom. The van der Waals surface area contributed by atoms with Crippen molar-refractivity contribution in [1.82, 2.24) is 10.3 Å². The minimum atomic E-state index is -1.05. The smallest absolute Gasteiger partial charge is 0.255 e. The molecule has 3 rings (SSSR count). The van der Waals surface area contributed by atoms with E-state index in [1.54, 1.807) is 30.5 Å². The summed E-state index contributed by atoms with van der Waals surface area (Å²) in [6.07, 6.45) is 0.567. The molecule has 0 saturated heterocycles. The minimum absolute atomic E-state index is 0.0930. The maximum atomic E-state index is 14.2. The van der Waals surface area contributed by atoms with Crippen molar-refractivity contribution in [2.75, 3.05) is 18.5 Å². The van der Waals surface area contributed by atoms with Crippen molar-refractivity contribution in [3.05, 3.63) is 51.5 Å². The maximum Gasteiger partial charge on any atom is 0.255 e. The highest BCUT2D eigenvalue weighted by atomic mass is 127. The Morgan fingerprint density at radius 1 is 1.38 bits per heavy atom. The zero-order valence-electron chi connectivity index (χ0n) is 13.4. The van der Waals surface area contributed by atoms with Gasteiger partial charge in [-0.3, -0.25) is 4.79 Å². The molecule has 1 aromatic carbocycles. The lowest BCUT2D eigenvalue weighted by Gasteiger charge is -2.11.